The van der Waals surface area contributed by atoms with E-state index in [0.717, 1.165) is 35.4 Å². The molecule has 1 fully saturated rings. The van der Waals surface area contributed by atoms with E-state index in [4.69, 9.17) is 9.15 Å². The lowest BCUT2D eigenvalue weighted by Crippen LogP contribution is -2.37. The lowest BCUT2D eigenvalue weighted by atomic mass is 9.93. The van der Waals surface area contributed by atoms with Crippen molar-refractivity contribution in [2.75, 3.05) is 18.4 Å². The Balaban J connectivity index is 1.10. The van der Waals surface area contributed by atoms with Crippen molar-refractivity contribution >= 4 is 27.4 Å². The zero-order valence-electron chi connectivity index (χ0n) is 20.3. The molecule has 1 aliphatic heterocycles. The number of halogens is 1. The van der Waals surface area contributed by atoms with Crippen LogP contribution in [0.15, 0.2) is 57.9 Å². The molecule has 1 atom stereocenters. The molecule has 1 aromatic heterocycles. The maximum absolute atomic E-state index is 12.7. The zero-order chi connectivity index (χ0) is 24.9. The number of aliphatic hydroxyl groups is 1. The average molecular weight is 554 g/mol. The molecule has 8 heteroatoms. The molecule has 2 N–H and O–H groups in total. The second-order valence-electron chi connectivity index (χ2n) is 9.73. The lowest BCUT2D eigenvalue weighted by Gasteiger charge is -2.31. The van der Waals surface area contributed by atoms with Gasteiger partial charge in [-0.3, -0.25) is 9.69 Å². The third-order valence-corrected chi connectivity index (χ3v) is 7.93. The van der Waals surface area contributed by atoms with Crippen LogP contribution in [-0.4, -0.2) is 46.0 Å². The van der Waals surface area contributed by atoms with E-state index in [2.05, 4.69) is 37.2 Å². The van der Waals surface area contributed by atoms with Gasteiger partial charge in [0.05, 0.1) is 16.8 Å². The summed E-state index contributed by atoms with van der Waals surface area (Å²) in [5.41, 5.74) is 4.18. The Morgan fingerprint density at radius 1 is 1.31 bits per heavy atom. The van der Waals surface area contributed by atoms with E-state index >= 15 is 0 Å². The van der Waals surface area contributed by atoms with Crippen LogP contribution in [-0.2, 0) is 19.6 Å². The average Bonchev–Trinajstić information content (AvgIpc) is 3.38. The number of aromatic nitrogens is 1. The van der Waals surface area contributed by atoms with E-state index in [0.29, 0.717) is 43.4 Å². The second kappa shape index (κ2) is 11.6. The summed E-state index contributed by atoms with van der Waals surface area (Å²) in [4.78, 5) is 18.9. The summed E-state index contributed by atoms with van der Waals surface area (Å²) in [5.74, 6) is 1.54. The van der Waals surface area contributed by atoms with Gasteiger partial charge in [-0.05, 0) is 77.4 Å². The van der Waals surface area contributed by atoms with E-state index in [-0.39, 0.29) is 5.78 Å². The largest absolute Gasteiger partial charge is 0.484 e. The SMILES string of the molecule is O=C(CC[C@H](O)CN1CCc2c(ccc(OCc3cnco3)c2Br)C1)c1cccc(NC2CCC2)c1. The van der Waals surface area contributed by atoms with Crippen LogP contribution in [0.5, 0.6) is 5.75 Å². The molecule has 7 nitrogen and oxygen atoms in total. The molecule has 0 saturated heterocycles. The van der Waals surface area contributed by atoms with Gasteiger partial charge in [0.15, 0.2) is 17.9 Å². The Hall–Kier alpha value is -2.68. The lowest BCUT2D eigenvalue weighted by molar-refractivity contribution is 0.0836. The van der Waals surface area contributed by atoms with Gasteiger partial charge in [-0.1, -0.05) is 18.2 Å². The predicted octanol–water partition coefficient (Wildman–Crippen LogP) is 5.36. The van der Waals surface area contributed by atoms with Crippen molar-refractivity contribution in [3.63, 3.8) is 0 Å². The topological polar surface area (TPSA) is 87.8 Å². The van der Waals surface area contributed by atoms with E-state index in [9.17, 15) is 9.90 Å². The van der Waals surface area contributed by atoms with E-state index in [1.165, 1.54) is 36.8 Å². The van der Waals surface area contributed by atoms with E-state index in [1.807, 2.05) is 30.3 Å². The van der Waals surface area contributed by atoms with Crippen LogP contribution < -0.4 is 10.1 Å². The number of hydrogen-bond donors (Lipinski definition) is 2. The quantitative estimate of drug-likeness (QED) is 0.309. The molecular formula is C28H32BrN3O4. The number of hydrogen-bond acceptors (Lipinski definition) is 7. The van der Waals surface area contributed by atoms with Gasteiger partial charge >= 0.3 is 0 Å². The Morgan fingerprint density at radius 2 is 2.19 bits per heavy atom. The summed E-state index contributed by atoms with van der Waals surface area (Å²) >= 11 is 3.71. The molecule has 0 unspecified atom stereocenters. The third kappa shape index (κ3) is 6.17. The molecule has 0 spiro atoms. The van der Waals surface area contributed by atoms with Crippen molar-refractivity contribution in [1.29, 1.82) is 0 Å². The number of anilines is 1. The molecule has 0 amide bonds. The van der Waals surface area contributed by atoms with Crippen LogP contribution in [0.25, 0.3) is 0 Å². The van der Waals surface area contributed by atoms with Crippen LogP contribution >= 0.6 is 15.9 Å². The summed E-state index contributed by atoms with van der Waals surface area (Å²) in [5, 5.41) is 14.2. The molecular weight excluding hydrogens is 522 g/mol. The van der Waals surface area contributed by atoms with Crippen LogP contribution in [0.2, 0.25) is 0 Å². The fourth-order valence-corrected chi connectivity index (χ4v) is 5.48. The highest BCUT2D eigenvalue weighted by atomic mass is 79.9. The number of carbonyl (C=O) groups excluding carboxylic acids is 1. The van der Waals surface area contributed by atoms with Gasteiger partial charge in [0.2, 0.25) is 0 Å². The van der Waals surface area contributed by atoms with Crippen molar-refractivity contribution in [2.45, 2.75) is 63.8 Å². The standard InChI is InChI=1S/C28H32BrN3O4/c29-28-25-11-12-32(15-20(25)7-10-27(28)35-17-24-14-30-18-36-24)16-23(33)8-9-26(34)19-3-1-6-22(13-19)31-21-4-2-5-21/h1,3,6-7,10,13-14,18,21,23,31,33H,2,4-5,8-9,11-12,15-17H2/t23-/m0/s1. The number of Topliss-reactive ketones (excluding diaryl/α,β-unsaturated/α-hetero) is 1. The Morgan fingerprint density at radius 3 is 2.97 bits per heavy atom. The number of aliphatic hydroxyl groups excluding tert-OH is 1. The maximum Gasteiger partial charge on any atom is 0.181 e. The monoisotopic (exact) mass is 553 g/mol. The van der Waals surface area contributed by atoms with Crippen LogP contribution in [0, 0.1) is 0 Å². The first-order valence-electron chi connectivity index (χ1n) is 12.7. The molecule has 190 valence electrons. The van der Waals surface area contributed by atoms with Crippen molar-refractivity contribution in [2.24, 2.45) is 0 Å². The molecule has 36 heavy (non-hydrogen) atoms. The molecule has 2 aromatic carbocycles. The summed E-state index contributed by atoms with van der Waals surface area (Å²) in [6.45, 7) is 2.49. The fourth-order valence-electron chi connectivity index (χ4n) is 4.78. The van der Waals surface area contributed by atoms with Crippen molar-refractivity contribution < 1.29 is 19.1 Å². The first kappa shape index (κ1) is 25.0. The fraction of sp³-hybridized carbons (Fsp3) is 0.429. The molecule has 1 aliphatic carbocycles. The van der Waals surface area contributed by atoms with E-state index < -0.39 is 6.10 Å². The van der Waals surface area contributed by atoms with Gasteiger partial charge in [-0.15, -0.1) is 0 Å². The number of nitrogens with one attached hydrogen (secondary N) is 1. The summed E-state index contributed by atoms with van der Waals surface area (Å²) < 4.78 is 12.1. The van der Waals surface area contributed by atoms with Crippen molar-refractivity contribution in [3.05, 3.63) is 75.9 Å². The number of benzene rings is 2. The van der Waals surface area contributed by atoms with Gasteiger partial charge < -0.3 is 19.6 Å². The van der Waals surface area contributed by atoms with Crippen LogP contribution in [0.1, 0.15) is 59.3 Å². The highest BCUT2D eigenvalue weighted by Gasteiger charge is 2.23. The first-order chi connectivity index (χ1) is 17.5. The Kier molecular flexibility index (Phi) is 8.04. The van der Waals surface area contributed by atoms with Crippen LogP contribution in [0.3, 0.4) is 0 Å². The van der Waals surface area contributed by atoms with Gasteiger partial charge in [0.1, 0.15) is 12.4 Å². The Labute approximate surface area is 220 Å². The molecule has 0 radical (unpaired) electrons. The minimum absolute atomic E-state index is 0.0806. The number of rotatable bonds is 11. The number of ether oxygens (including phenoxy) is 1. The first-order valence-corrected chi connectivity index (χ1v) is 13.4. The smallest absolute Gasteiger partial charge is 0.181 e. The third-order valence-electron chi connectivity index (χ3n) is 7.06. The van der Waals surface area contributed by atoms with Crippen molar-refractivity contribution in [3.8, 4) is 5.75 Å². The predicted molar refractivity (Wildman–Crippen MR) is 141 cm³/mol. The minimum atomic E-state index is -0.542. The van der Waals surface area contributed by atoms with Gasteiger partial charge in [-0.25, -0.2) is 4.98 Å². The number of carbonyl (C=O) groups is 1. The normalized spacial score (nSPS) is 16.7. The molecule has 1 saturated carbocycles. The second-order valence-corrected chi connectivity index (χ2v) is 10.5. The summed E-state index contributed by atoms with van der Waals surface area (Å²) in [7, 11) is 0. The Bertz CT molecular complexity index is 1180. The highest BCUT2D eigenvalue weighted by Crippen LogP contribution is 2.35. The van der Waals surface area contributed by atoms with E-state index in [1.54, 1.807) is 6.20 Å². The highest BCUT2D eigenvalue weighted by molar-refractivity contribution is 9.10. The number of nitrogens with zero attached hydrogens (tertiary/aromatic N) is 2. The zero-order valence-corrected chi connectivity index (χ0v) is 21.9. The molecule has 2 aliphatic rings. The summed E-state index contributed by atoms with van der Waals surface area (Å²) in [6, 6.07) is 12.3. The molecule has 2 heterocycles. The van der Waals surface area contributed by atoms with Gasteiger partial charge in [0, 0.05) is 43.3 Å². The minimum Gasteiger partial charge on any atom is -0.484 e. The molecule has 0 bridgehead atoms. The van der Waals surface area contributed by atoms with Crippen molar-refractivity contribution in [1.82, 2.24) is 9.88 Å². The maximum atomic E-state index is 12.7. The number of oxazole rings is 1. The molecule has 5 rings (SSSR count). The van der Waals surface area contributed by atoms with Gasteiger partial charge in [-0.2, -0.15) is 0 Å². The van der Waals surface area contributed by atoms with Crippen LogP contribution in [0.4, 0.5) is 5.69 Å². The summed E-state index contributed by atoms with van der Waals surface area (Å²) in [6.07, 6.45) is 7.83. The number of ketones is 1. The van der Waals surface area contributed by atoms with Gasteiger partial charge in [0.25, 0.3) is 0 Å². The number of β-amino-alcohol motifs (C(OH)–C–C–N with tert-alkyl or cyclic N) is 1. The number of fused-ring (bicyclic) bond motifs is 1. The molecule has 3 aromatic rings.